The van der Waals surface area contributed by atoms with Crippen molar-refractivity contribution in [1.82, 2.24) is 0 Å². The Morgan fingerprint density at radius 3 is 2.13 bits per heavy atom. The Balaban J connectivity index is 2.02. The Morgan fingerprint density at radius 2 is 1.73 bits per heavy atom. The highest BCUT2D eigenvalue weighted by Crippen LogP contribution is 2.57. The van der Waals surface area contributed by atoms with E-state index >= 15 is 0 Å². The summed E-state index contributed by atoms with van der Waals surface area (Å²) in [7, 11) is 1.89. The van der Waals surface area contributed by atoms with Crippen LogP contribution < -0.4 is 0 Å². The first-order valence-corrected chi connectivity index (χ1v) is 5.39. The molecule has 0 spiro atoms. The van der Waals surface area contributed by atoms with E-state index in [1.54, 1.807) is 0 Å². The molecule has 6 heteroatoms. The first-order valence-electron chi connectivity index (χ1n) is 5.39. The third-order valence-electron chi connectivity index (χ3n) is 4.16. The normalized spacial score (nSPS) is 52.4. The number of carbonyl (C=O) groups is 2. The lowest BCUT2D eigenvalue weighted by atomic mass is 9.61. The highest BCUT2D eigenvalue weighted by Gasteiger charge is 2.73. The lowest BCUT2D eigenvalue weighted by Gasteiger charge is -2.40. The molecule has 0 unspecified atom stereocenters. The molecule has 15 heavy (non-hydrogen) atoms. The zero-order valence-electron chi connectivity index (χ0n) is 8.93. The predicted octanol–water partition coefficient (Wildman–Crippen LogP) is -0.105. The van der Waals surface area contributed by atoms with Gasteiger partial charge in [-0.3, -0.25) is 9.59 Å². The van der Waals surface area contributed by atoms with Gasteiger partial charge in [-0.1, -0.05) is 19.3 Å². The molecular weight excluding hydrogens is 197 g/mol. The van der Waals surface area contributed by atoms with Gasteiger partial charge in [-0.2, -0.15) is 0 Å². The van der Waals surface area contributed by atoms with Crippen molar-refractivity contribution in [3.63, 3.8) is 0 Å². The van der Waals surface area contributed by atoms with Gasteiger partial charge < -0.3 is 13.7 Å². The molecule has 0 aromatic heterocycles. The maximum absolute atomic E-state index is 11.4. The van der Waals surface area contributed by atoms with Crippen molar-refractivity contribution in [3.8, 4) is 0 Å². The molecule has 0 amide bonds. The van der Waals surface area contributed by atoms with Gasteiger partial charge in [-0.15, -0.1) is 0 Å². The molecule has 2 atom stereocenters. The number of carbonyl (C=O) groups excluding carboxylic acids is 2. The molecule has 2 saturated heterocycles. The largest absolute Gasteiger partial charge is 0.600 e. The predicted molar refractivity (Wildman–Crippen MR) is 51.4 cm³/mol. The Morgan fingerprint density at radius 1 is 1.27 bits per heavy atom. The number of likely N-dealkylation sites (N-methyl/N-ethyl adjacent to an activating group) is 1. The van der Waals surface area contributed by atoms with Gasteiger partial charge in [0.1, 0.15) is 13.1 Å². The fraction of sp³-hybridized carbons (Fsp3) is 0.778. The third kappa shape index (κ3) is 0.976. The minimum absolute atomic E-state index is 0.232. The minimum Gasteiger partial charge on any atom is -0.600 e. The second kappa shape index (κ2) is 2.37. The first-order chi connectivity index (χ1) is 6.97. The fourth-order valence-electron chi connectivity index (χ4n) is 3.20. The van der Waals surface area contributed by atoms with Crippen LogP contribution in [0.3, 0.4) is 0 Å². The van der Waals surface area contributed by atoms with Crippen molar-refractivity contribution in [2.75, 3.05) is 20.1 Å². The van der Waals surface area contributed by atoms with Crippen LogP contribution in [0, 0.1) is 5.92 Å². The molecule has 3 fully saturated rings. The molecule has 2 aliphatic heterocycles. The van der Waals surface area contributed by atoms with Crippen LogP contribution in [0.5, 0.6) is 0 Å². The smallest absolute Gasteiger partial charge is 0.587 e. The van der Waals surface area contributed by atoms with E-state index in [1.807, 2.05) is 7.05 Å². The van der Waals surface area contributed by atoms with Crippen molar-refractivity contribution >= 4 is 18.6 Å². The number of fused-ring (bicyclic) bond motifs is 1. The lowest BCUT2D eigenvalue weighted by molar-refractivity contribution is -0.794. The molecule has 0 bridgehead atoms. The summed E-state index contributed by atoms with van der Waals surface area (Å²) >= 11 is 0. The summed E-state index contributed by atoms with van der Waals surface area (Å²) < 4.78 is 11.1. The lowest BCUT2D eigenvalue weighted by Crippen LogP contribution is -2.60. The summed E-state index contributed by atoms with van der Waals surface area (Å²) in [5.41, 5.74) is 0. The molecule has 3 aliphatic rings. The van der Waals surface area contributed by atoms with Gasteiger partial charge in [0.05, 0.1) is 0 Å². The summed E-state index contributed by atoms with van der Waals surface area (Å²) in [5.74, 6) is 0.278. The van der Waals surface area contributed by atoms with Crippen LogP contribution in [0.25, 0.3) is 0 Å². The molecule has 0 N–H and O–H groups in total. The van der Waals surface area contributed by atoms with Gasteiger partial charge in [0.25, 0.3) is 0 Å². The number of quaternary nitrogens is 1. The van der Waals surface area contributed by atoms with Crippen LogP contribution in [0.1, 0.15) is 13.3 Å². The molecule has 82 valence electrons. The Hall–Kier alpha value is -1.04. The molecule has 0 aromatic rings. The van der Waals surface area contributed by atoms with Crippen molar-refractivity contribution in [1.29, 1.82) is 0 Å². The average Bonchev–Trinajstić information content (AvgIpc) is 2.66. The highest BCUT2D eigenvalue weighted by molar-refractivity contribution is 6.68. The van der Waals surface area contributed by atoms with E-state index in [2.05, 4.69) is 6.92 Å². The quantitative estimate of drug-likeness (QED) is 0.568. The maximum atomic E-state index is 11.4. The highest BCUT2D eigenvalue weighted by atomic mass is 16.7. The molecule has 0 radical (unpaired) electrons. The summed E-state index contributed by atoms with van der Waals surface area (Å²) in [4.78, 5) is 22.8. The second-order valence-electron chi connectivity index (χ2n) is 5.38. The molecule has 3 rings (SSSR count). The minimum atomic E-state index is -1.73. The van der Waals surface area contributed by atoms with Gasteiger partial charge in [0.2, 0.25) is 0 Å². The molecular formula is C9H14BNO4. The van der Waals surface area contributed by atoms with Crippen molar-refractivity contribution in [3.05, 3.63) is 0 Å². The number of nitrogens with zero attached hydrogens (tertiary/aromatic N) is 1. The van der Waals surface area contributed by atoms with Crippen LogP contribution in [-0.2, 0) is 18.9 Å². The number of rotatable bonds is 1. The summed E-state index contributed by atoms with van der Waals surface area (Å²) in [5, 5.41) is 0. The van der Waals surface area contributed by atoms with E-state index in [4.69, 9.17) is 9.31 Å². The Kier molecular flexibility index (Phi) is 1.46. The standard InChI is InChI=1S/C9H14BNO4/c1-6-3-7(6)10-11(2,4-8(12)14-10)5-9(13)15-10/h6-7H,3-5H2,1-2H3/t6-,7-,10?,11?/m1/s1. The van der Waals surface area contributed by atoms with E-state index in [9.17, 15) is 9.59 Å². The zero-order chi connectivity index (χ0) is 10.8. The summed E-state index contributed by atoms with van der Waals surface area (Å²) in [6.07, 6.45) is 0.994. The maximum Gasteiger partial charge on any atom is 0.587 e. The summed E-state index contributed by atoms with van der Waals surface area (Å²) in [6.45, 7) is 0.913. The second-order valence-corrected chi connectivity index (χ2v) is 5.38. The number of hydrogen-bond acceptors (Lipinski definition) is 4. The molecule has 5 nitrogen and oxygen atoms in total. The SMILES string of the molecule is C[C@@H]1C[C@H]1[B-]12OC(=O)C[N+]1(C)CC(=O)O2. The number of hydrogen-bond donors (Lipinski definition) is 0. The van der Waals surface area contributed by atoms with E-state index in [0.717, 1.165) is 6.42 Å². The van der Waals surface area contributed by atoms with Crippen molar-refractivity contribution in [2.45, 2.75) is 19.2 Å². The van der Waals surface area contributed by atoms with Gasteiger partial charge in [-0.05, 0) is 5.82 Å². The van der Waals surface area contributed by atoms with Crippen LogP contribution >= 0.6 is 0 Å². The van der Waals surface area contributed by atoms with Crippen molar-refractivity contribution < 1.29 is 23.3 Å². The van der Waals surface area contributed by atoms with Crippen LogP contribution in [0.4, 0.5) is 0 Å². The Labute approximate surface area is 87.9 Å². The van der Waals surface area contributed by atoms with E-state index in [-0.39, 0.29) is 30.8 Å². The van der Waals surface area contributed by atoms with Crippen LogP contribution in [-0.4, -0.2) is 43.2 Å². The monoisotopic (exact) mass is 211 g/mol. The molecule has 1 aliphatic carbocycles. The van der Waals surface area contributed by atoms with Crippen molar-refractivity contribution in [2.24, 2.45) is 5.92 Å². The zero-order valence-corrected chi connectivity index (χ0v) is 8.93. The fourth-order valence-corrected chi connectivity index (χ4v) is 3.20. The molecule has 0 aromatic carbocycles. The Bertz CT molecular complexity index is 349. The summed E-state index contributed by atoms with van der Waals surface area (Å²) in [6, 6.07) is 0. The molecule has 2 heterocycles. The van der Waals surface area contributed by atoms with Gasteiger partial charge in [0.15, 0.2) is 0 Å². The van der Waals surface area contributed by atoms with Gasteiger partial charge in [-0.25, -0.2) is 0 Å². The van der Waals surface area contributed by atoms with Crippen LogP contribution in [0.15, 0.2) is 0 Å². The van der Waals surface area contributed by atoms with E-state index < -0.39 is 6.69 Å². The van der Waals surface area contributed by atoms with E-state index in [0.29, 0.717) is 10.3 Å². The average molecular weight is 211 g/mol. The van der Waals surface area contributed by atoms with Gasteiger partial charge >= 0.3 is 18.6 Å². The first kappa shape index (κ1) is 9.21. The molecule has 1 saturated carbocycles. The van der Waals surface area contributed by atoms with E-state index in [1.165, 1.54) is 0 Å². The topological polar surface area (TPSA) is 52.6 Å². The van der Waals surface area contributed by atoms with Crippen LogP contribution in [0.2, 0.25) is 5.82 Å². The third-order valence-corrected chi connectivity index (χ3v) is 4.16. The van der Waals surface area contributed by atoms with Gasteiger partial charge in [0, 0.05) is 7.05 Å².